The number of ether oxygens (including phenoxy) is 1. The van der Waals surface area contributed by atoms with E-state index in [9.17, 15) is 4.39 Å². The van der Waals surface area contributed by atoms with Gasteiger partial charge in [-0.15, -0.1) is 0 Å². The average Bonchev–Trinajstić information content (AvgIpc) is 2.37. The molecule has 4 heteroatoms. The highest BCUT2D eigenvalue weighted by Crippen LogP contribution is 2.27. The van der Waals surface area contributed by atoms with Crippen LogP contribution in [0.3, 0.4) is 0 Å². The molecule has 18 heavy (non-hydrogen) atoms. The third-order valence-electron chi connectivity index (χ3n) is 2.73. The third kappa shape index (κ3) is 3.71. The predicted octanol–water partition coefficient (Wildman–Crippen LogP) is 3.18. The first-order valence-corrected chi connectivity index (χ1v) is 6.21. The first kappa shape index (κ1) is 14.5. The van der Waals surface area contributed by atoms with Crippen LogP contribution in [0.1, 0.15) is 38.8 Å². The van der Waals surface area contributed by atoms with Crippen molar-refractivity contribution in [1.82, 2.24) is 5.32 Å². The molecule has 0 aliphatic rings. The molecule has 1 N–H and O–H groups in total. The van der Waals surface area contributed by atoms with Crippen molar-refractivity contribution in [2.45, 2.75) is 39.3 Å². The van der Waals surface area contributed by atoms with E-state index in [0.717, 1.165) is 12.1 Å². The number of nitrogens with one attached hydrogen (secondary N) is 1. The fourth-order valence-electron chi connectivity index (χ4n) is 1.74. The average molecular weight is 250 g/mol. The van der Waals surface area contributed by atoms with Crippen LogP contribution in [-0.4, -0.2) is 12.6 Å². The van der Waals surface area contributed by atoms with Crippen LogP contribution in [0.2, 0.25) is 0 Å². The second-order valence-corrected chi connectivity index (χ2v) is 4.11. The Kier molecular flexibility index (Phi) is 5.60. The van der Waals surface area contributed by atoms with Gasteiger partial charge in [-0.3, -0.25) is 0 Å². The Morgan fingerprint density at radius 3 is 2.72 bits per heavy atom. The molecule has 2 atom stereocenters. The molecule has 0 aliphatic carbocycles. The summed E-state index contributed by atoms with van der Waals surface area (Å²) >= 11 is 0. The van der Waals surface area contributed by atoms with Crippen molar-refractivity contribution in [3.05, 3.63) is 29.6 Å². The van der Waals surface area contributed by atoms with E-state index < -0.39 is 6.10 Å². The second-order valence-electron chi connectivity index (χ2n) is 4.11. The lowest BCUT2D eigenvalue weighted by Crippen LogP contribution is -2.20. The van der Waals surface area contributed by atoms with Gasteiger partial charge >= 0.3 is 0 Å². The normalized spacial score (nSPS) is 13.7. The summed E-state index contributed by atoms with van der Waals surface area (Å²) in [6.07, 6.45) is 0.103. The molecule has 1 rings (SSSR count). The van der Waals surface area contributed by atoms with Crippen molar-refractivity contribution >= 4 is 0 Å². The molecule has 0 fully saturated rings. The molecule has 2 unspecified atom stereocenters. The van der Waals surface area contributed by atoms with Crippen LogP contribution in [0.15, 0.2) is 18.2 Å². The molecule has 98 valence electrons. The summed E-state index contributed by atoms with van der Waals surface area (Å²) in [7, 11) is 0. The zero-order chi connectivity index (χ0) is 13.5. The highest BCUT2D eigenvalue weighted by atomic mass is 19.1. The predicted molar refractivity (Wildman–Crippen MR) is 68.8 cm³/mol. The SMILES string of the molecule is CCNC(C)c1cc(F)ccc1OC(C#N)CC. The summed E-state index contributed by atoms with van der Waals surface area (Å²) in [6.45, 7) is 6.59. The minimum absolute atomic E-state index is 0.0168. The third-order valence-corrected chi connectivity index (χ3v) is 2.73. The maximum atomic E-state index is 13.3. The van der Waals surface area contributed by atoms with Gasteiger partial charge in [-0.25, -0.2) is 4.39 Å². The summed E-state index contributed by atoms with van der Waals surface area (Å²) in [4.78, 5) is 0. The quantitative estimate of drug-likeness (QED) is 0.843. The minimum Gasteiger partial charge on any atom is -0.475 e. The van der Waals surface area contributed by atoms with E-state index in [0.29, 0.717) is 12.2 Å². The molecule has 0 saturated carbocycles. The maximum Gasteiger partial charge on any atom is 0.184 e. The van der Waals surface area contributed by atoms with Gasteiger partial charge in [0.1, 0.15) is 17.6 Å². The molecule has 3 nitrogen and oxygen atoms in total. The van der Waals surface area contributed by atoms with Gasteiger partial charge in [0.05, 0.1) is 0 Å². The monoisotopic (exact) mass is 250 g/mol. The van der Waals surface area contributed by atoms with Crippen LogP contribution in [0.25, 0.3) is 0 Å². The molecule has 1 aromatic carbocycles. The lowest BCUT2D eigenvalue weighted by atomic mass is 10.1. The Labute approximate surface area is 108 Å². The Morgan fingerprint density at radius 1 is 1.44 bits per heavy atom. The summed E-state index contributed by atoms with van der Waals surface area (Å²) in [5.41, 5.74) is 0.741. The van der Waals surface area contributed by atoms with Crippen LogP contribution in [0, 0.1) is 17.1 Å². The summed E-state index contributed by atoms with van der Waals surface area (Å²) in [6, 6.07) is 6.44. The van der Waals surface area contributed by atoms with Crippen molar-refractivity contribution in [2.24, 2.45) is 0 Å². The van der Waals surface area contributed by atoms with Crippen LogP contribution in [0.5, 0.6) is 5.75 Å². The van der Waals surface area contributed by atoms with Gasteiger partial charge < -0.3 is 10.1 Å². The molecule has 0 saturated heterocycles. The van der Waals surface area contributed by atoms with Gasteiger partial charge in [0, 0.05) is 11.6 Å². The fraction of sp³-hybridized carbons (Fsp3) is 0.500. The molecule has 0 aromatic heterocycles. The topological polar surface area (TPSA) is 45.0 Å². The summed E-state index contributed by atoms with van der Waals surface area (Å²) in [5.74, 6) is 0.269. The summed E-state index contributed by atoms with van der Waals surface area (Å²) < 4.78 is 18.9. The van der Waals surface area contributed by atoms with Gasteiger partial charge in [0.2, 0.25) is 0 Å². The van der Waals surface area contributed by atoms with E-state index in [2.05, 4.69) is 11.4 Å². The van der Waals surface area contributed by atoms with Crippen molar-refractivity contribution in [3.63, 3.8) is 0 Å². The van der Waals surface area contributed by atoms with E-state index in [1.165, 1.54) is 12.1 Å². The number of hydrogen-bond acceptors (Lipinski definition) is 3. The van der Waals surface area contributed by atoms with E-state index in [-0.39, 0.29) is 11.9 Å². The van der Waals surface area contributed by atoms with E-state index in [1.54, 1.807) is 6.07 Å². The molecular weight excluding hydrogens is 231 g/mol. The minimum atomic E-state index is -0.497. The van der Waals surface area contributed by atoms with Gasteiger partial charge in [-0.2, -0.15) is 5.26 Å². The van der Waals surface area contributed by atoms with Gasteiger partial charge in [-0.05, 0) is 38.1 Å². The molecule has 0 aliphatic heterocycles. The molecular formula is C14H19FN2O. The van der Waals surface area contributed by atoms with Crippen LogP contribution in [0.4, 0.5) is 4.39 Å². The lowest BCUT2D eigenvalue weighted by Gasteiger charge is -2.19. The van der Waals surface area contributed by atoms with Gasteiger partial charge in [0.25, 0.3) is 0 Å². The number of halogens is 1. The van der Waals surface area contributed by atoms with E-state index in [1.807, 2.05) is 20.8 Å². The Morgan fingerprint density at radius 2 is 2.17 bits per heavy atom. The largest absolute Gasteiger partial charge is 0.475 e. The molecule has 0 heterocycles. The van der Waals surface area contributed by atoms with Crippen LogP contribution < -0.4 is 10.1 Å². The Hall–Kier alpha value is -1.60. The number of rotatable bonds is 6. The Balaban J connectivity index is 3.00. The molecule has 0 bridgehead atoms. The fourth-order valence-corrected chi connectivity index (χ4v) is 1.74. The standard InChI is InChI=1S/C14H19FN2O/c1-4-12(9-16)18-14-7-6-11(15)8-13(14)10(3)17-5-2/h6-8,10,12,17H,4-5H2,1-3H3. The zero-order valence-corrected chi connectivity index (χ0v) is 11.0. The summed E-state index contributed by atoms with van der Waals surface area (Å²) in [5, 5.41) is 12.1. The van der Waals surface area contributed by atoms with Crippen LogP contribution in [-0.2, 0) is 0 Å². The second kappa shape index (κ2) is 6.97. The number of nitriles is 1. The lowest BCUT2D eigenvalue weighted by molar-refractivity contribution is 0.247. The molecule has 0 radical (unpaired) electrons. The molecule has 0 amide bonds. The van der Waals surface area contributed by atoms with Crippen molar-refractivity contribution in [1.29, 1.82) is 5.26 Å². The van der Waals surface area contributed by atoms with E-state index >= 15 is 0 Å². The van der Waals surface area contributed by atoms with Crippen molar-refractivity contribution < 1.29 is 9.13 Å². The number of hydrogen-bond donors (Lipinski definition) is 1. The molecule has 1 aromatic rings. The number of nitrogens with zero attached hydrogens (tertiary/aromatic N) is 1. The highest BCUT2D eigenvalue weighted by molar-refractivity contribution is 5.36. The smallest absolute Gasteiger partial charge is 0.184 e. The first-order valence-electron chi connectivity index (χ1n) is 6.21. The molecule has 0 spiro atoms. The van der Waals surface area contributed by atoms with Crippen molar-refractivity contribution in [2.75, 3.05) is 6.54 Å². The van der Waals surface area contributed by atoms with Crippen LogP contribution >= 0.6 is 0 Å². The van der Waals surface area contributed by atoms with Gasteiger partial charge in [-0.1, -0.05) is 13.8 Å². The van der Waals surface area contributed by atoms with E-state index in [4.69, 9.17) is 10.00 Å². The number of benzene rings is 1. The zero-order valence-electron chi connectivity index (χ0n) is 11.0. The first-order chi connectivity index (χ1) is 8.62. The Bertz CT molecular complexity index is 428. The highest BCUT2D eigenvalue weighted by Gasteiger charge is 2.15. The van der Waals surface area contributed by atoms with Gasteiger partial charge in [0.15, 0.2) is 6.10 Å². The van der Waals surface area contributed by atoms with Crippen molar-refractivity contribution in [3.8, 4) is 11.8 Å². The maximum absolute atomic E-state index is 13.3.